The summed E-state index contributed by atoms with van der Waals surface area (Å²) in [5.41, 5.74) is 2.05. The van der Waals surface area contributed by atoms with Crippen molar-refractivity contribution in [2.75, 3.05) is 18.6 Å². The first-order valence-corrected chi connectivity index (χ1v) is 4.87. The van der Waals surface area contributed by atoms with Gasteiger partial charge in [-0.15, -0.1) is 0 Å². The van der Waals surface area contributed by atoms with Crippen molar-refractivity contribution in [1.82, 2.24) is 0 Å². The minimum Gasteiger partial charge on any atom is -0.496 e. The fourth-order valence-corrected chi connectivity index (χ4v) is 1.93. The third-order valence-electron chi connectivity index (χ3n) is 2.65. The first-order chi connectivity index (χ1) is 7.27. The van der Waals surface area contributed by atoms with Crippen LogP contribution in [0.15, 0.2) is 30.9 Å². The van der Waals surface area contributed by atoms with Gasteiger partial charge in [-0.2, -0.15) is 0 Å². The minimum atomic E-state index is -0.0537. The van der Waals surface area contributed by atoms with Crippen LogP contribution in [0.3, 0.4) is 0 Å². The molecule has 0 bridgehead atoms. The molecule has 0 N–H and O–H groups in total. The molecule has 78 valence electrons. The van der Waals surface area contributed by atoms with Gasteiger partial charge in [0.05, 0.1) is 12.8 Å². The zero-order valence-electron chi connectivity index (χ0n) is 8.69. The van der Waals surface area contributed by atoms with Crippen molar-refractivity contribution in [3.05, 3.63) is 36.4 Å². The van der Waals surface area contributed by atoms with Gasteiger partial charge in [0.15, 0.2) is 0 Å². The van der Waals surface area contributed by atoms with Crippen LogP contribution >= 0.6 is 0 Å². The topological polar surface area (TPSA) is 29.5 Å². The minimum absolute atomic E-state index is 0.0537. The van der Waals surface area contributed by atoms with Crippen molar-refractivity contribution in [1.29, 1.82) is 0 Å². The van der Waals surface area contributed by atoms with Crippen molar-refractivity contribution in [3.8, 4) is 5.75 Å². The van der Waals surface area contributed by atoms with Gasteiger partial charge >= 0.3 is 0 Å². The number of methoxy groups -OCH3 is 1. The Kier molecular flexibility index (Phi) is 2.46. The van der Waals surface area contributed by atoms with E-state index < -0.39 is 0 Å². The van der Waals surface area contributed by atoms with Crippen molar-refractivity contribution in [3.63, 3.8) is 0 Å². The summed E-state index contributed by atoms with van der Waals surface area (Å²) in [4.78, 5) is 13.3. The number of ether oxygens (including phenoxy) is 1. The van der Waals surface area contributed by atoms with E-state index >= 15 is 0 Å². The van der Waals surface area contributed by atoms with Crippen LogP contribution in [0.25, 0.3) is 0 Å². The first kappa shape index (κ1) is 9.77. The quantitative estimate of drug-likeness (QED) is 0.685. The Bertz CT molecular complexity index is 412. The Morgan fingerprint density at radius 1 is 1.60 bits per heavy atom. The number of anilines is 1. The molecule has 0 fully saturated rings. The molecule has 0 saturated heterocycles. The molecular formula is C12H13NO2. The third-order valence-corrected chi connectivity index (χ3v) is 2.65. The fraction of sp³-hybridized carbons (Fsp3) is 0.250. The summed E-state index contributed by atoms with van der Waals surface area (Å²) in [6, 6.07) is 5.75. The highest BCUT2D eigenvalue weighted by Gasteiger charge is 2.25. The van der Waals surface area contributed by atoms with E-state index in [1.807, 2.05) is 18.2 Å². The van der Waals surface area contributed by atoms with Gasteiger partial charge in [0.2, 0.25) is 5.91 Å². The second kappa shape index (κ2) is 3.77. The first-order valence-electron chi connectivity index (χ1n) is 4.87. The van der Waals surface area contributed by atoms with E-state index in [1.54, 1.807) is 12.0 Å². The molecule has 1 heterocycles. The molecule has 0 atom stereocenters. The zero-order valence-corrected chi connectivity index (χ0v) is 8.69. The van der Waals surface area contributed by atoms with Crippen LogP contribution in [0.2, 0.25) is 0 Å². The highest BCUT2D eigenvalue weighted by atomic mass is 16.5. The van der Waals surface area contributed by atoms with Gasteiger partial charge in [0, 0.05) is 12.1 Å². The number of rotatable bonds is 2. The molecule has 1 aliphatic rings. The predicted octanol–water partition coefficient (Wildman–Crippen LogP) is 1.77. The molecule has 1 aromatic rings. The number of carbonyl (C=O) groups excluding carboxylic acids is 1. The maximum atomic E-state index is 11.5. The van der Waals surface area contributed by atoms with E-state index in [0.29, 0.717) is 6.54 Å². The summed E-state index contributed by atoms with van der Waals surface area (Å²) in [5, 5.41) is 0. The number of carbonyl (C=O) groups is 1. The predicted molar refractivity (Wildman–Crippen MR) is 59.2 cm³/mol. The number of fused-ring (bicyclic) bond motifs is 1. The molecule has 1 aliphatic heterocycles. The summed E-state index contributed by atoms with van der Waals surface area (Å²) in [6.07, 6.45) is 2.19. The van der Waals surface area contributed by atoms with Crippen molar-refractivity contribution in [2.45, 2.75) is 6.42 Å². The number of nitrogens with zero attached hydrogens (tertiary/aromatic N) is 1. The normalized spacial score (nSPS) is 13.5. The number of benzene rings is 1. The van der Waals surface area contributed by atoms with Gasteiger partial charge in [-0.1, -0.05) is 12.6 Å². The second-order valence-corrected chi connectivity index (χ2v) is 3.40. The van der Waals surface area contributed by atoms with E-state index in [9.17, 15) is 4.79 Å². The van der Waals surface area contributed by atoms with Crippen LogP contribution in [0.5, 0.6) is 5.75 Å². The fourth-order valence-electron chi connectivity index (χ4n) is 1.93. The molecule has 2 rings (SSSR count). The summed E-state index contributed by atoms with van der Waals surface area (Å²) in [5.74, 6) is 0.800. The largest absolute Gasteiger partial charge is 0.496 e. The lowest BCUT2D eigenvalue weighted by molar-refractivity contribution is -0.114. The monoisotopic (exact) mass is 203 g/mol. The number of hydrogen-bond acceptors (Lipinski definition) is 2. The van der Waals surface area contributed by atoms with Crippen LogP contribution in [0.1, 0.15) is 5.56 Å². The van der Waals surface area contributed by atoms with Gasteiger partial charge < -0.3 is 9.64 Å². The van der Waals surface area contributed by atoms with Crippen molar-refractivity contribution in [2.24, 2.45) is 0 Å². The molecule has 15 heavy (non-hydrogen) atoms. The number of hydrogen-bond donors (Lipinski definition) is 0. The Balaban J connectivity index is 2.43. The SMILES string of the molecule is C=CC(=O)N1CCc2c(OC)cccc21. The average molecular weight is 203 g/mol. The Hall–Kier alpha value is -1.77. The molecule has 0 saturated carbocycles. The third kappa shape index (κ3) is 1.50. The number of amides is 1. The maximum Gasteiger partial charge on any atom is 0.250 e. The molecular weight excluding hydrogens is 190 g/mol. The van der Waals surface area contributed by atoms with E-state index in [2.05, 4.69) is 6.58 Å². The van der Waals surface area contributed by atoms with Crippen LogP contribution in [0.4, 0.5) is 5.69 Å². The van der Waals surface area contributed by atoms with Crippen LogP contribution < -0.4 is 9.64 Å². The highest BCUT2D eigenvalue weighted by molar-refractivity contribution is 6.02. The van der Waals surface area contributed by atoms with Crippen molar-refractivity contribution < 1.29 is 9.53 Å². The lowest BCUT2D eigenvalue weighted by Gasteiger charge is -2.15. The Morgan fingerprint density at radius 2 is 2.40 bits per heavy atom. The summed E-state index contributed by atoms with van der Waals surface area (Å²) in [6.45, 7) is 4.21. The molecule has 0 aliphatic carbocycles. The average Bonchev–Trinajstić information content (AvgIpc) is 2.71. The molecule has 0 radical (unpaired) electrons. The molecule has 0 spiro atoms. The summed E-state index contributed by atoms with van der Waals surface area (Å²) >= 11 is 0. The lowest BCUT2D eigenvalue weighted by atomic mass is 10.1. The molecule has 1 amide bonds. The van der Waals surface area contributed by atoms with Gasteiger partial charge in [0.1, 0.15) is 5.75 Å². The summed E-state index contributed by atoms with van der Waals surface area (Å²) in [7, 11) is 1.65. The van der Waals surface area contributed by atoms with Gasteiger partial charge in [-0.3, -0.25) is 4.79 Å². The Morgan fingerprint density at radius 3 is 3.07 bits per heavy atom. The van der Waals surface area contributed by atoms with E-state index in [-0.39, 0.29) is 5.91 Å². The highest BCUT2D eigenvalue weighted by Crippen LogP contribution is 2.34. The standard InChI is InChI=1S/C12H13NO2/c1-3-12(14)13-8-7-9-10(13)5-4-6-11(9)15-2/h3-6H,1,7-8H2,2H3. The zero-order chi connectivity index (χ0) is 10.8. The van der Waals surface area contributed by atoms with Gasteiger partial charge in [0.25, 0.3) is 0 Å². The van der Waals surface area contributed by atoms with E-state index in [1.165, 1.54) is 6.08 Å². The molecule has 3 heteroatoms. The lowest BCUT2D eigenvalue weighted by Crippen LogP contribution is -2.26. The van der Waals surface area contributed by atoms with Gasteiger partial charge in [-0.05, 0) is 24.6 Å². The summed E-state index contributed by atoms with van der Waals surface area (Å²) < 4.78 is 5.25. The molecule has 1 aromatic carbocycles. The molecule has 0 unspecified atom stereocenters. The van der Waals surface area contributed by atoms with Crippen LogP contribution in [-0.2, 0) is 11.2 Å². The molecule has 3 nitrogen and oxygen atoms in total. The van der Waals surface area contributed by atoms with Gasteiger partial charge in [-0.25, -0.2) is 0 Å². The van der Waals surface area contributed by atoms with Crippen LogP contribution in [0, 0.1) is 0 Å². The van der Waals surface area contributed by atoms with Crippen LogP contribution in [-0.4, -0.2) is 19.6 Å². The second-order valence-electron chi connectivity index (χ2n) is 3.40. The smallest absolute Gasteiger partial charge is 0.250 e. The van der Waals surface area contributed by atoms with Crippen molar-refractivity contribution >= 4 is 11.6 Å². The molecule has 0 aromatic heterocycles. The maximum absolute atomic E-state index is 11.5. The van der Waals surface area contributed by atoms with E-state index in [0.717, 1.165) is 23.4 Å². The Labute approximate surface area is 89.0 Å². The van der Waals surface area contributed by atoms with E-state index in [4.69, 9.17) is 4.74 Å².